The molecule has 2 aliphatic heterocycles. The maximum atomic E-state index is 9.71. The van der Waals surface area contributed by atoms with Gasteiger partial charge in [0, 0.05) is 44.9 Å². The lowest BCUT2D eigenvalue weighted by atomic mass is 9.82. The van der Waals surface area contributed by atoms with E-state index < -0.39 is 5.41 Å². The van der Waals surface area contributed by atoms with Gasteiger partial charge in [-0.15, -0.1) is 0 Å². The summed E-state index contributed by atoms with van der Waals surface area (Å²) in [5.41, 5.74) is 0.223. The molecule has 0 bridgehead atoms. The first kappa shape index (κ1) is 26.7. The van der Waals surface area contributed by atoms with Gasteiger partial charge in [-0.2, -0.15) is 5.26 Å². The van der Waals surface area contributed by atoms with Crippen LogP contribution >= 0.6 is 11.6 Å². The van der Waals surface area contributed by atoms with Crippen LogP contribution in [0, 0.1) is 16.7 Å². The molecule has 0 spiro atoms. The number of hydrogen-bond acceptors (Lipinski definition) is 9. The van der Waals surface area contributed by atoms with Gasteiger partial charge >= 0.3 is 0 Å². The van der Waals surface area contributed by atoms with Crippen molar-refractivity contribution in [1.29, 1.82) is 5.26 Å². The van der Waals surface area contributed by atoms with Crippen molar-refractivity contribution in [3.63, 3.8) is 0 Å². The molecule has 1 aromatic heterocycles. The van der Waals surface area contributed by atoms with E-state index in [9.17, 15) is 5.26 Å². The molecule has 3 aliphatic rings. The number of nitrogens with zero attached hydrogens (tertiary/aromatic N) is 5. The Morgan fingerprint density at radius 3 is 2.78 bits per heavy atom. The highest BCUT2D eigenvalue weighted by molar-refractivity contribution is 6.31. The van der Waals surface area contributed by atoms with Crippen molar-refractivity contribution in [2.45, 2.75) is 76.0 Å². The van der Waals surface area contributed by atoms with Gasteiger partial charge < -0.3 is 25.4 Å². The molecule has 3 N–H and O–H groups in total. The van der Waals surface area contributed by atoms with E-state index in [1.807, 2.05) is 0 Å². The average molecular weight is 517 g/mol. The Morgan fingerprint density at radius 1 is 1.31 bits per heavy atom. The van der Waals surface area contributed by atoms with Gasteiger partial charge in [0.15, 0.2) is 0 Å². The third-order valence-corrected chi connectivity index (χ3v) is 7.51. The number of anilines is 1. The number of aromatic nitrogens is 2. The fraction of sp³-hybridized carbons (Fsp3) is 0.720. The van der Waals surface area contributed by atoms with Crippen LogP contribution in [0.4, 0.5) is 5.95 Å². The molecule has 36 heavy (non-hydrogen) atoms. The zero-order valence-electron chi connectivity index (χ0n) is 21.2. The van der Waals surface area contributed by atoms with E-state index in [1.165, 1.54) is 0 Å². The normalized spacial score (nSPS) is 27.7. The predicted octanol–water partition coefficient (Wildman–Crippen LogP) is 3.26. The molecular formula is C25H37ClN8O2. The molecule has 2 fully saturated rings. The molecule has 10 nitrogen and oxygen atoms in total. The highest BCUT2D eigenvalue weighted by Crippen LogP contribution is 2.32. The standard InChI is InChI=1S/C25H37ClN8O2/c1-17(13-35-2)32-18-3-5-19(6-4-18)33-24-28-12-20(26)23(34-24)21-11-22(31-16-30-21)29-15-25(14-27)7-9-36-10-8-25/h12,16-19,21,32H,3-11,13,15H2,1-2H3,(H,28,33,34)(H,29,30,31). The first-order chi connectivity index (χ1) is 17.5. The van der Waals surface area contributed by atoms with Crippen LogP contribution in [0.5, 0.6) is 0 Å². The number of aliphatic imine (C=N–C) groups is 2. The quantitative estimate of drug-likeness (QED) is 0.456. The van der Waals surface area contributed by atoms with Gasteiger partial charge in [-0.3, -0.25) is 9.98 Å². The molecule has 2 unspecified atom stereocenters. The summed E-state index contributed by atoms with van der Waals surface area (Å²) >= 11 is 6.49. The minimum atomic E-state index is -0.461. The van der Waals surface area contributed by atoms with Crippen molar-refractivity contribution >= 4 is 29.7 Å². The van der Waals surface area contributed by atoms with E-state index in [4.69, 9.17) is 31.1 Å². The Bertz CT molecular complexity index is 967. The number of halogens is 1. The minimum Gasteiger partial charge on any atom is -0.383 e. The highest BCUT2D eigenvalue weighted by atomic mass is 35.5. The second-order valence-electron chi connectivity index (χ2n) is 10.1. The van der Waals surface area contributed by atoms with Crippen molar-refractivity contribution < 1.29 is 9.47 Å². The topological polar surface area (TPSA) is 129 Å². The zero-order chi connectivity index (χ0) is 25.4. The van der Waals surface area contributed by atoms with E-state index in [1.54, 1.807) is 19.6 Å². The Balaban J connectivity index is 1.34. The maximum absolute atomic E-state index is 9.71. The van der Waals surface area contributed by atoms with E-state index in [-0.39, 0.29) is 6.04 Å². The number of rotatable bonds is 9. The summed E-state index contributed by atoms with van der Waals surface area (Å²) in [5, 5.41) is 20.5. The number of hydrogen-bond donors (Lipinski definition) is 3. The first-order valence-corrected chi connectivity index (χ1v) is 13.2. The first-order valence-electron chi connectivity index (χ1n) is 12.8. The second kappa shape index (κ2) is 12.8. The monoisotopic (exact) mass is 516 g/mol. The van der Waals surface area contributed by atoms with E-state index >= 15 is 0 Å². The number of nitrogens with one attached hydrogen (secondary N) is 3. The fourth-order valence-electron chi connectivity index (χ4n) is 5.06. The zero-order valence-corrected chi connectivity index (χ0v) is 21.9. The van der Waals surface area contributed by atoms with Crippen molar-refractivity contribution in [3.05, 3.63) is 16.9 Å². The van der Waals surface area contributed by atoms with Gasteiger partial charge in [-0.1, -0.05) is 11.6 Å². The van der Waals surface area contributed by atoms with Gasteiger partial charge in [0.2, 0.25) is 5.95 Å². The lowest BCUT2D eigenvalue weighted by Crippen LogP contribution is -2.43. The van der Waals surface area contributed by atoms with E-state index in [2.05, 4.69) is 38.9 Å². The third-order valence-electron chi connectivity index (χ3n) is 7.22. The van der Waals surface area contributed by atoms with Crippen molar-refractivity contribution in [2.75, 3.05) is 38.8 Å². The van der Waals surface area contributed by atoms with Crippen molar-refractivity contribution in [1.82, 2.24) is 20.6 Å². The van der Waals surface area contributed by atoms with Crippen molar-refractivity contribution in [3.8, 4) is 6.07 Å². The van der Waals surface area contributed by atoms with Gasteiger partial charge in [-0.25, -0.2) is 9.97 Å². The molecular weight excluding hydrogens is 480 g/mol. The van der Waals surface area contributed by atoms with Crippen LogP contribution in [0.15, 0.2) is 16.2 Å². The SMILES string of the molecule is COCC(C)NC1CCC(Nc2ncc(Cl)c(C3CC(=NCC4(C#N)CCOCC4)NC=N3)n2)CC1. The number of amidine groups is 1. The Morgan fingerprint density at radius 2 is 2.06 bits per heavy atom. The number of nitriles is 1. The Hall–Kier alpha value is -2.32. The van der Waals surface area contributed by atoms with Gasteiger partial charge in [0.1, 0.15) is 11.9 Å². The van der Waals surface area contributed by atoms with Crippen LogP contribution < -0.4 is 16.0 Å². The van der Waals surface area contributed by atoms with Crippen LogP contribution in [-0.4, -0.2) is 73.7 Å². The molecule has 4 rings (SSSR count). The van der Waals surface area contributed by atoms with E-state index in [0.29, 0.717) is 73.8 Å². The van der Waals surface area contributed by atoms with Crippen LogP contribution in [0.1, 0.15) is 63.6 Å². The van der Waals surface area contributed by atoms with Crippen LogP contribution in [0.2, 0.25) is 5.02 Å². The molecule has 1 aliphatic carbocycles. The molecule has 1 aromatic rings. The fourth-order valence-corrected chi connectivity index (χ4v) is 5.28. The van der Waals surface area contributed by atoms with Crippen LogP contribution in [0.25, 0.3) is 0 Å². The molecule has 1 saturated heterocycles. The summed E-state index contributed by atoms with van der Waals surface area (Å²) in [5.74, 6) is 1.37. The summed E-state index contributed by atoms with van der Waals surface area (Å²) in [6, 6.07) is 3.40. The van der Waals surface area contributed by atoms with Gasteiger partial charge in [0.25, 0.3) is 0 Å². The molecule has 3 heterocycles. The molecule has 196 valence electrons. The number of ether oxygens (including phenoxy) is 2. The molecule has 1 saturated carbocycles. The molecule has 0 amide bonds. The summed E-state index contributed by atoms with van der Waals surface area (Å²) in [4.78, 5) is 18.5. The highest BCUT2D eigenvalue weighted by Gasteiger charge is 2.33. The van der Waals surface area contributed by atoms with Crippen LogP contribution in [-0.2, 0) is 9.47 Å². The van der Waals surface area contributed by atoms with Gasteiger partial charge in [-0.05, 0) is 45.4 Å². The second-order valence-corrected chi connectivity index (χ2v) is 10.5. The van der Waals surface area contributed by atoms with Crippen LogP contribution in [0.3, 0.4) is 0 Å². The smallest absolute Gasteiger partial charge is 0.223 e. The Labute approximate surface area is 218 Å². The summed E-state index contributed by atoms with van der Waals surface area (Å²) in [6.07, 6.45) is 9.53. The molecule has 0 aromatic carbocycles. The molecule has 11 heteroatoms. The lowest BCUT2D eigenvalue weighted by Gasteiger charge is -2.31. The van der Waals surface area contributed by atoms with Gasteiger partial charge in [0.05, 0.1) is 47.9 Å². The minimum absolute atomic E-state index is 0.254. The van der Waals surface area contributed by atoms with Crippen molar-refractivity contribution in [2.24, 2.45) is 15.4 Å². The lowest BCUT2D eigenvalue weighted by molar-refractivity contribution is 0.0441. The average Bonchev–Trinajstić information content (AvgIpc) is 2.90. The summed E-state index contributed by atoms with van der Waals surface area (Å²) in [7, 11) is 1.74. The molecule has 0 radical (unpaired) electrons. The third kappa shape index (κ3) is 7.13. The maximum Gasteiger partial charge on any atom is 0.223 e. The number of methoxy groups -OCH3 is 1. The summed E-state index contributed by atoms with van der Waals surface area (Å²) < 4.78 is 10.7. The predicted molar refractivity (Wildman–Crippen MR) is 141 cm³/mol. The Kier molecular flexibility index (Phi) is 9.48. The summed E-state index contributed by atoms with van der Waals surface area (Å²) in [6.45, 7) is 4.53. The van der Waals surface area contributed by atoms with E-state index in [0.717, 1.165) is 38.1 Å². The largest absolute Gasteiger partial charge is 0.383 e. The molecule has 2 atom stereocenters.